The summed E-state index contributed by atoms with van der Waals surface area (Å²) in [5.74, 6) is -0.220. The van der Waals surface area contributed by atoms with Gasteiger partial charge in [-0.1, -0.05) is 0 Å². The largest absolute Gasteiger partial charge is 0.364 e. The lowest BCUT2D eigenvalue weighted by Crippen LogP contribution is -2.32. The summed E-state index contributed by atoms with van der Waals surface area (Å²) in [5, 5.41) is 0. The van der Waals surface area contributed by atoms with Crippen LogP contribution in [0.1, 0.15) is 12.8 Å². The molecule has 0 bridgehead atoms. The molecule has 2 amide bonds. The van der Waals surface area contributed by atoms with Crippen LogP contribution in [-0.2, 0) is 19.1 Å². The third kappa shape index (κ3) is 5.67. The van der Waals surface area contributed by atoms with Gasteiger partial charge in [0.1, 0.15) is 13.5 Å². The Labute approximate surface area is 96.1 Å². The van der Waals surface area contributed by atoms with Crippen LogP contribution < -0.4 is 0 Å². The fourth-order valence-corrected chi connectivity index (χ4v) is 1.13. The Balaban J connectivity index is 3.87. The monoisotopic (exact) mass is 232 g/mol. The quantitative estimate of drug-likeness (QED) is 0.575. The molecular formula is C10H20N2O4. The smallest absolute Gasteiger partial charge is 0.224 e. The molecular weight excluding hydrogens is 212 g/mol. The molecule has 0 rings (SSSR count). The van der Waals surface area contributed by atoms with Crippen LogP contribution in [0.4, 0.5) is 0 Å². The number of amides is 2. The van der Waals surface area contributed by atoms with Gasteiger partial charge >= 0.3 is 0 Å². The molecule has 0 N–H and O–H groups in total. The van der Waals surface area contributed by atoms with Crippen LogP contribution in [0.3, 0.4) is 0 Å². The number of methoxy groups -OCH3 is 2. The van der Waals surface area contributed by atoms with E-state index in [0.717, 1.165) is 0 Å². The van der Waals surface area contributed by atoms with Crippen molar-refractivity contribution in [2.45, 2.75) is 12.8 Å². The molecule has 0 saturated heterocycles. The predicted molar refractivity (Wildman–Crippen MR) is 58.5 cm³/mol. The fourth-order valence-electron chi connectivity index (χ4n) is 1.13. The van der Waals surface area contributed by atoms with Crippen LogP contribution in [0.2, 0.25) is 0 Å². The first kappa shape index (κ1) is 14.9. The normalized spacial score (nSPS) is 10.0. The third-order valence-corrected chi connectivity index (χ3v) is 2.05. The van der Waals surface area contributed by atoms with Gasteiger partial charge in [-0.05, 0) is 0 Å². The lowest BCUT2D eigenvalue weighted by molar-refractivity contribution is -0.140. The van der Waals surface area contributed by atoms with Crippen molar-refractivity contribution in [1.82, 2.24) is 9.80 Å². The van der Waals surface area contributed by atoms with E-state index in [1.807, 2.05) is 0 Å². The van der Waals surface area contributed by atoms with Gasteiger partial charge in [-0.2, -0.15) is 0 Å². The first-order valence-electron chi connectivity index (χ1n) is 4.98. The lowest BCUT2D eigenvalue weighted by atomic mass is 10.2. The number of hydrogen-bond acceptors (Lipinski definition) is 4. The van der Waals surface area contributed by atoms with Gasteiger partial charge in [0.2, 0.25) is 11.8 Å². The second kappa shape index (κ2) is 8.06. The maximum atomic E-state index is 11.5. The van der Waals surface area contributed by atoms with Crippen molar-refractivity contribution in [3.8, 4) is 0 Å². The second-order valence-electron chi connectivity index (χ2n) is 3.52. The summed E-state index contributed by atoms with van der Waals surface area (Å²) in [6.45, 7) is 0.474. The molecule has 0 aliphatic rings. The van der Waals surface area contributed by atoms with Crippen LogP contribution in [-0.4, -0.2) is 63.4 Å². The number of nitrogens with zero attached hydrogens (tertiary/aromatic N) is 2. The molecule has 0 aliphatic carbocycles. The van der Waals surface area contributed by atoms with Crippen molar-refractivity contribution in [3.05, 3.63) is 0 Å². The number of ether oxygens (including phenoxy) is 2. The Bertz CT molecular complexity index is 209. The zero-order chi connectivity index (χ0) is 12.6. The molecule has 0 spiro atoms. The van der Waals surface area contributed by atoms with Crippen LogP contribution in [0.5, 0.6) is 0 Å². The number of carbonyl (C=O) groups excluding carboxylic acids is 2. The second-order valence-corrected chi connectivity index (χ2v) is 3.52. The molecule has 0 aliphatic heterocycles. The zero-order valence-electron chi connectivity index (χ0n) is 10.4. The van der Waals surface area contributed by atoms with E-state index in [0.29, 0.717) is 0 Å². The first-order valence-corrected chi connectivity index (χ1v) is 4.98. The summed E-state index contributed by atoms with van der Waals surface area (Å²) in [6, 6.07) is 0. The summed E-state index contributed by atoms with van der Waals surface area (Å²) in [5.41, 5.74) is 0. The van der Waals surface area contributed by atoms with Gasteiger partial charge in [-0.3, -0.25) is 9.59 Å². The summed E-state index contributed by atoms with van der Waals surface area (Å²) in [7, 11) is 6.30. The SMILES string of the molecule is COCN(C)C(=O)CCC(=O)N(C)COC. The lowest BCUT2D eigenvalue weighted by Gasteiger charge is -2.18. The van der Waals surface area contributed by atoms with Gasteiger partial charge in [0.05, 0.1) is 0 Å². The molecule has 0 heterocycles. The van der Waals surface area contributed by atoms with Crippen molar-refractivity contribution < 1.29 is 19.1 Å². The molecule has 0 aromatic rings. The van der Waals surface area contributed by atoms with Gasteiger partial charge in [0, 0.05) is 41.2 Å². The number of carbonyl (C=O) groups is 2. The van der Waals surface area contributed by atoms with Gasteiger partial charge < -0.3 is 19.3 Å². The van der Waals surface area contributed by atoms with E-state index in [1.165, 1.54) is 24.0 Å². The van der Waals surface area contributed by atoms with Gasteiger partial charge in [0.15, 0.2) is 0 Å². The number of rotatable bonds is 7. The molecule has 0 radical (unpaired) electrons. The average molecular weight is 232 g/mol. The molecule has 16 heavy (non-hydrogen) atoms. The minimum absolute atomic E-state index is 0.110. The van der Waals surface area contributed by atoms with Crippen molar-refractivity contribution in [2.75, 3.05) is 41.8 Å². The van der Waals surface area contributed by atoms with Crippen LogP contribution >= 0.6 is 0 Å². The van der Waals surface area contributed by atoms with E-state index in [2.05, 4.69) is 0 Å². The molecule has 0 aromatic heterocycles. The summed E-state index contributed by atoms with van der Waals surface area (Å²) in [6.07, 6.45) is 0.374. The summed E-state index contributed by atoms with van der Waals surface area (Å²) >= 11 is 0. The van der Waals surface area contributed by atoms with Crippen LogP contribution in [0.25, 0.3) is 0 Å². The molecule has 0 aromatic carbocycles. The predicted octanol–water partition coefficient (Wildman–Crippen LogP) is -0.109. The minimum Gasteiger partial charge on any atom is -0.364 e. The molecule has 0 unspecified atom stereocenters. The van der Waals surface area contributed by atoms with Gasteiger partial charge in [-0.25, -0.2) is 0 Å². The van der Waals surface area contributed by atoms with Gasteiger partial charge in [0.25, 0.3) is 0 Å². The highest BCUT2D eigenvalue weighted by molar-refractivity contribution is 5.83. The highest BCUT2D eigenvalue weighted by Crippen LogP contribution is 1.99. The molecule has 6 nitrogen and oxygen atoms in total. The number of hydrogen-bond donors (Lipinski definition) is 0. The molecule has 0 saturated carbocycles. The van der Waals surface area contributed by atoms with Crippen molar-refractivity contribution in [3.63, 3.8) is 0 Å². The molecule has 0 fully saturated rings. The van der Waals surface area contributed by atoms with E-state index in [9.17, 15) is 9.59 Å². The van der Waals surface area contributed by atoms with Gasteiger partial charge in [-0.15, -0.1) is 0 Å². The molecule has 94 valence electrons. The molecule has 0 atom stereocenters. The summed E-state index contributed by atoms with van der Waals surface area (Å²) < 4.78 is 9.61. The summed E-state index contributed by atoms with van der Waals surface area (Å²) in [4.78, 5) is 25.8. The standard InChI is InChI=1S/C10H20N2O4/c1-11(7-15-3)9(13)5-6-10(14)12(2)8-16-4/h5-8H2,1-4H3. The first-order chi connectivity index (χ1) is 7.52. The highest BCUT2D eigenvalue weighted by atomic mass is 16.5. The highest BCUT2D eigenvalue weighted by Gasteiger charge is 2.13. The minimum atomic E-state index is -0.110. The average Bonchev–Trinajstić information content (AvgIpc) is 2.25. The Morgan fingerprint density at radius 3 is 1.44 bits per heavy atom. The van der Waals surface area contributed by atoms with Crippen LogP contribution in [0.15, 0.2) is 0 Å². The van der Waals surface area contributed by atoms with Crippen LogP contribution in [0, 0.1) is 0 Å². The van der Waals surface area contributed by atoms with Crippen molar-refractivity contribution in [1.29, 1.82) is 0 Å². The maximum absolute atomic E-state index is 11.5. The molecule has 6 heteroatoms. The Hall–Kier alpha value is -1.14. The Kier molecular flexibility index (Phi) is 7.49. The van der Waals surface area contributed by atoms with E-state index < -0.39 is 0 Å². The van der Waals surface area contributed by atoms with Crippen molar-refractivity contribution in [2.24, 2.45) is 0 Å². The Morgan fingerprint density at radius 1 is 0.875 bits per heavy atom. The Morgan fingerprint density at radius 2 is 1.19 bits per heavy atom. The van der Waals surface area contributed by atoms with E-state index >= 15 is 0 Å². The maximum Gasteiger partial charge on any atom is 0.224 e. The fraction of sp³-hybridized carbons (Fsp3) is 0.800. The topological polar surface area (TPSA) is 59.1 Å². The van der Waals surface area contributed by atoms with E-state index in [-0.39, 0.29) is 38.1 Å². The van der Waals surface area contributed by atoms with E-state index in [1.54, 1.807) is 14.1 Å². The van der Waals surface area contributed by atoms with Crippen molar-refractivity contribution >= 4 is 11.8 Å². The van der Waals surface area contributed by atoms with E-state index in [4.69, 9.17) is 9.47 Å². The third-order valence-electron chi connectivity index (χ3n) is 2.05. The zero-order valence-corrected chi connectivity index (χ0v) is 10.4.